The summed E-state index contributed by atoms with van der Waals surface area (Å²) in [6.07, 6.45) is 2.62. The fraction of sp³-hybridized carbons (Fsp3) is 0.300. The van der Waals surface area contributed by atoms with Gasteiger partial charge >= 0.3 is 12.1 Å². The van der Waals surface area contributed by atoms with Gasteiger partial charge in [0.2, 0.25) is 5.88 Å². The van der Waals surface area contributed by atoms with E-state index in [9.17, 15) is 19.2 Å². The molecule has 0 radical (unpaired) electrons. The topological polar surface area (TPSA) is 127 Å². The number of hydrogen-bond donors (Lipinski definition) is 2. The number of nitriles is 1. The number of hydrogen-bond acceptors (Lipinski definition) is 6. The molecule has 2 aliphatic heterocycles. The molecule has 3 amide bonds. The van der Waals surface area contributed by atoms with E-state index in [1.54, 1.807) is 28.1 Å². The van der Waals surface area contributed by atoms with Crippen LogP contribution in [-0.2, 0) is 12.1 Å². The lowest BCUT2D eigenvalue weighted by Gasteiger charge is -2.51. The average Bonchev–Trinajstić information content (AvgIpc) is 3.47. The first-order chi connectivity index (χ1) is 19.8. The highest BCUT2D eigenvalue weighted by Crippen LogP contribution is 2.44. The van der Waals surface area contributed by atoms with Crippen molar-refractivity contribution < 1.29 is 18.7 Å². The summed E-state index contributed by atoms with van der Waals surface area (Å²) in [7, 11) is 0. The highest BCUT2D eigenvalue weighted by molar-refractivity contribution is 5.92. The number of ether oxygens (including phenoxy) is 1. The first-order valence-corrected chi connectivity index (χ1v) is 13.5. The second kappa shape index (κ2) is 10.2. The Bertz CT molecular complexity index is 1710. The van der Waals surface area contributed by atoms with Crippen LogP contribution in [0.3, 0.4) is 0 Å². The lowest BCUT2D eigenvalue weighted by molar-refractivity contribution is 0.0107. The molecule has 0 aliphatic carbocycles. The lowest BCUT2D eigenvalue weighted by Crippen LogP contribution is -2.60. The van der Waals surface area contributed by atoms with E-state index in [-0.39, 0.29) is 35.9 Å². The van der Waals surface area contributed by atoms with Gasteiger partial charge in [0.15, 0.2) is 0 Å². The maximum atomic E-state index is 14.4. The molecule has 1 saturated heterocycles. The zero-order valence-corrected chi connectivity index (χ0v) is 22.6. The first-order valence-electron chi connectivity index (χ1n) is 13.5. The molecule has 2 atom stereocenters. The normalized spacial score (nSPS) is 20.3. The van der Waals surface area contributed by atoms with E-state index in [0.717, 1.165) is 22.0 Å². The van der Waals surface area contributed by atoms with Crippen molar-refractivity contribution in [1.29, 1.82) is 5.26 Å². The van der Waals surface area contributed by atoms with Gasteiger partial charge in [-0.1, -0.05) is 31.2 Å². The number of aromatic nitrogens is 3. The van der Waals surface area contributed by atoms with Crippen LogP contribution in [0.4, 0.5) is 19.7 Å². The van der Waals surface area contributed by atoms with E-state index in [1.165, 1.54) is 18.2 Å². The molecule has 4 aromatic rings. The summed E-state index contributed by atoms with van der Waals surface area (Å²) in [5.74, 6) is -0.425. The predicted molar refractivity (Wildman–Crippen MR) is 148 cm³/mol. The number of carbonyl (C=O) groups is 2. The Morgan fingerprint density at radius 1 is 1.27 bits per heavy atom. The monoisotopic (exact) mass is 553 g/mol. The highest BCUT2D eigenvalue weighted by atomic mass is 19.1. The van der Waals surface area contributed by atoms with Gasteiger partial charge in [-0.05, 0) is 61.1 Å². The zero-order valence-electron chi connectivity index (χ0n) is 22.6. The van der Waals surface area contributed by atoms with E-state index in [4.69, 9.17) is 4.74 Å². The van der Waals surface area contributed by atoms with Gasteiger partial charge < -0.3 is 15.0 Å². The average molecular weight is 554 g/mol. The number of halogens is 1. The third-order valence-electron chi connectivity index (χ3n) is 8.27. The second-order valence-corrected chi connectivity index (χ2v) is 10.5. The third kappa shape index (κ3) is 4.51. The van der Waals surface area contributed by atoms with Crippen molar-refractivity contribution in [2.45, 2.75) is 51.2 Å². The van der Waals surface area contributed by atoms with Gasteiger partial charge in [-0.3, -0.25) is 10.00 Å². The molecular weight excluding hydrogens is 525 g/mol. The number of aryl methyl sites for hydroxylation is 1. The van der Waals surface area contributed by atoms with Gasteiger partial charge in [0.1, 0.15) is 17.6 Å². The van der Waals surface area contributed by atoms with Gasteiger partial charge in [-0.25, -0.2) is 19.0 Å². The number of para-hydroxylation sites is 1. The molecule has 6 rings (SSSR count). The van der Waals surface area contributed by atoms with Gasteiger partial charge in [0, 0.05) is 30.6 Å². The molecule has 4 heterocycles. The maximum Gasteiger partial charge on any atom is 0.417 e. The Morgan fingerprint density at radius 3 is 2.90 bits per heavy atom. The molecule has 2 aromatic carbocycles. The summed E-state index contributed by atoms with van der Waals surface area (Å²) in [5, 5.41) is 20.1. The molecule has 208 valence electrons. The smallest absolute Gasteiger partial charge is 0.391 e. The molecule has 0 spiro atoms. The lowest BCUT2D eigenvalue weighted by atomic mass is 9.75. The molecular formula is C30H28FN7O3. The Kier molecular flexibility index (Phi) is 6.53. The van der Waals surface area contributed by atoms with Crippen LogP contribution in [0.5, 0.6) is 5.88 Å². The number of rotatable bonds is 4. The van der Waals surface area contributed by atoms with Crippen molar-refractivity contribution in [3.8, 4) is 11.9 Å². The summed E-state index contributed by atoms with van der Waals surface area (Å²) in [6.45, 7) is 4.56. The minimum atomic E-state index is -0.842. The van der Waals surface area contributed by atoms with E-state index in [0.29, 0.717) is 31.4 Å². The quantitative estimate of drug-likeness (QED) is 0.339. The Balaban J connectivity index is 1.39. The summed E-state index contributed by atoms with van der Waals surface area (Å²) >= 11 is 0. The molecule has 1 fully saturated rings. The fourth-order valence-electron chi connectivity index (χ4n) is 6.19. The van der Waals surface area contributed by atoms with Crippen molar-refractivity contribution >= 4 is 28.7 Å². The van der Waals surface area contributed by atoms with Crippen LogP contribution in [-0.4, -0.2) is 49.7 Å². The number of benzene rings is 2. The Morgan fingerprint density at radius 2 is 2.10 bits per heavy atom. The van der Waals surface area contributed by atoms with E-state index >= 15 is 0 Å². The molecule has 0 saturated carbocycles. The number of pyridine rings is 1. The van der Waals surface area contributed by atoms with Crippen LogP contribution >= 0.6 is 0 Å². The molecule has 10 nitrogen and oxygen atoms in total. The van der Waals surface area contributed by atoms with Crippen LogP contribution in [0, 0.1) is 24.1 Å². The van der Waals surface area contributed by atoms with Crippen molar-refractivity contribution in [3.63, 3.8) is 0 Å². The molecule has 2 unspecified atom stereocenters. The number of piperidine rings is 1. The number of nitrogens with zero attached hydrogens (tertiary/aromatic N) is 5. The summed E-state index contributed by atoms with van der Waals surface area (Å²) in [4.78, 5) is 34.6. The summed E-state index contributed by atoms with van der Waals surface area (Å²) in [6, 6.07) is 14.9. The van der Waals surface area contributed by atoms with E-state index < -0.39 is 17.4 Å². The SMILES string of the molecule is CCC1(c2cc(C)c3[nH]ncc3c2)CC(N2Cc3cccc(F)c3NC2=O)CCN1C(=O)Oc1cccc(C#N)n1. The molecule has 2 aliphatic rings. The molecule has 2 N–H and O–H groups in total. The standard InChI is InChI=1S/C30H28FN7O3/c1-3-30(21-12-18(2)26-20(13-21)16-33-36-26)14-23(37-17-19-6-4-8-24(31)27(19)35-28(37)39)10-11-38(30)29(40)41-25-9-5-7-22(15-32)34-25/h4-9,12-13,16,23H,3,10-11,14,17H2,1-2H3,(H,33,36)(H,35,39). The molecule has 0 bridgehead atoms. The fourth-order valence-corrected chi connectivity index (χ4v) is 6.19. The van der Waals surface area contributed by atoms with Gasteiger partial charge in [-0.2, -0.15) is 10.4 Å². The minimum Gasteiger partial charge on any atom is -0.391 e. The molecule has 2 aromatic heterocycles. The van der Waals surface area contributed by atoms with Gasteiger partial charge in [-0.15, -0.1) is 0 Å². The number of carbonyl (C=O) groups excluding carboxylic acids is 2. The number of likely N-dealkylation sites (tertiary alicyclic amines) is 1. The largest absolute Gasteiger partial charge is 0.417 e. The number of H-pyrrole nitrogens is 1. The van der Waals surface area contributed by atoms with Crippen LogP contribution in [0.1, 0.15) is 48.6 Å². The van der Waals surface area contributed by atoms with Crippen molar-refractivity contribution in [1.82, 2.24) is 25.0 Å². The van der Waals surface area contributed by atoms with Crippen LogP contribution in [0.15, 0.2) is 54.7 Å². The summed E-state index contributed by atoms with van der Waals surface area (Å²) in [5.41, 5.74) is 3.00. The number of amides is 3. The van der Waals surface area contributed by atoms with Crippen molar-refractivity contribution in [2.24, 2.45) is 0 Å². The van der Waals surface area contributed by atoms with Crippen LogP contribution in [0.2, 0.25) is 0 Å². The third-order valence-corrected chi connectivity index (χ3v) is 8.27. The number of urea groups is 1. The molecule has 11 heteroatoms. The molecule has 41 heavy (non-hydrogen) atoms. The van der Waals surface area contributed by atoms with Crippen molar-refractivity contribution in [2.75, 3.05) is 11.9 Å². The number of anilines is 1. The Labute approximate surface area is 235 Å². The minimum absolute atomic E-state index is 0.0386. The zero-order chi connectivity index (χ0) is 28.7. The Hall–Kier alpha value is -4.98. The predicted octanol–water partition coefficient (Wildman–Crippen LogP) is 5.59. The van der Waals surface area contributed by atoms with E-state index in [1.807, 2.05) is 38.1 Å². The van der Waals surface area contributed by atoms with Crippen LogP contribution < -0.4 is 10.1 Å². The van der Waals surface area contributed by atoms with E-state index in [2.05, 4.69) is 20.5 Å². The number of aromatic amines is 1. The number of nitrogens with one attached hydrogen (secondary N) is 2. The van der Waals surface area contributed by atoms with Crippen molar-refractivity contribution in [3.05, 3.63) is 82.9 Å². The maximum absolute atomic E-state index is 14.4. The van der Waals surface area contributed by atoms with Crippen LogP contribution in [0.25, 0.3) is 10.9 Å². The van der Waals surface area contributed by atoms with Gasteiger partial charge in [0.05, 0.1) is 22.9 Å². The second-order valence-electron chi connectivity index (χ2n) is 10.5. The summed E-state index contributed by atoms with van der Waals surface area (Å²) < 4.78 is 20.1. The van der Waals surface area contributed by atoms with Gasteiger partial charge in [0.25, 0.3) is 0 Å². The highest BCUT2D eigenvalue weighted by Gasteiger charge is 2.48. The first kappa shape index (κ1) is 26.3. The number of fused-ring (bicyclic) bond motifs is 2.